The van der Waals surface area contributed by atoms with Crippen molar-refractivity contribution in [1.82, 2.24) is 0 Å². The minimum Gasteiger partial charge on any atom is -0.478 e. The lowest BCUT2D eigenvalue weighted by Gasteiger charge is -2.40. The molecule has 2 aromatic rings. The van der Waals surface area contributed by atoms with Gasteiger partial charge >= 0.3 is 5.97 Å². The van der Waals surface area contributed by atoms with Gasteiger partial charge in [0.2, 0.25) is 0 Å². The summed E-state index contributed by atoms with van der Waals surface area (Å²) in [6, 6.07) is 6.01. The van der Waals surface area contributed by atoms with E-state index < -0.39 is 48.3 Å². The molecule has 4 heterocycles. The number of anilines is 2. The van der Waals surface area contributed by atoms with Crippen LogP contribution in [0, 0.1) is 17.5 Å². The molecule has 0 amide bonds. The van der Waals surface area contributed by atoms with Crippen LogP contribution in [0.5, 0.6) is 0 Å². The van der Waals surface area contributed by atoms with E-state index in [0.717, 1.165) is 60.8 Å². The van der Waals surface area contributed by atoms with Gasteiger partial charge < -0.3 is 38.6 Å². The van der Waals surface area contributed by atoms with E-state index in [1.165, 1.54) is 4.90 Å². The third kappa shape index (κ3) is 7.69. The first-order valence-electron chi connectivity index (χ1n) is 18.9. The number of carboxylic acid groups (broad SMARTS) is 1. The molecule has 1 aliphatic carbocycles. The highest BCUT2D eigenvalue weighted by molar-refractivity contribution is 6.98. The molecule has 7 rings (SSSR count). The van der Waals surface area contributed by atoms with Gasteiger partial charge in [-0.05, 0) is 51.7 Å². The molecular weight excluding hydrogens is 720 g/mol. The zero-order valence-corrected chi connectivity index (χ0v) is 32.1. The number of fused-ring (bicyclic) bond motifs is 2. The van der Waals surface area contributed by atoms with Crippen LogP contribution in [-0.2, 0) is 23.7 Å². The summed E-state index contributed by atoms with van der Waals surface area (Å²) >= 11 is 0. The van der Waals surface area contributed by atoms with Crippen molar-refractivity contribution in [1.29, 1.82) is 0 Å². The fourth-order valence-electron chi connectivity index (χ4n) is 7.66. The second-order valence-electron chi connectivity index (χ2n) is 14.5. The Morgan fingerprint density at radius 2 is 1.33 bits per heavy atom. The van der Waals surface area contributed by atoms with E-state index >= 15 is 13.2 Å². The van der Waals surface area contributed by atoms with Gasteiger partial charge in [0.05, 0.1) is 72.5 Å². The summed E-state index contributed by atoms with van der Waals surface area (Å²) in [6.07, 6.45) is 8.19. The van der Waals surface area contributed by atoms with E-state index in [2.05, 4.69) is 34.7 Å². The molecule has 0 unspecified atom stereocenters. The molecule has 0 radical (unpaired) electrons. The highest BCUT2D eigenvalue weighted by Crippen LogP contribution is 2.46. The van der Waals surface area contributed by atoms with Crippen LogP contribution in [0.1, 0.15) is 34.3 Å². The molecule has 0 bridgehead atoms. The van der Waals surface area contributed by atoms with Crippen molar-refractivity contribution in [2.24, 2.45) is 0 Å². The number of aromatic carboxylic acids is 1. The first-order valence-corrected chi connectivity index (χ1v) is 21.9. The Kier molecular flexibility index (Phi) is 12.1. The van der Waals surface area contributed by atoms with Crippen LogP contribution < -0.4 is 15.0 Å². The Morgan fingerprint density at radius 3 is 1.85 bits per heavy atom. The van der Waals surface area contributed by atoms with Crippen molar-refractivity contribution >= 4 is 41.9 Å². The van der Waals surface area contributed by atoms with Crippen molar-refractivity contribution in [3.63, 3.8) is 0 Å². The van der Waals surface area contributed by atoms with Crippen LogP contribution in [0.3, 0.4) is 0 Å². The molecule has 0 spiro atoms. The average molecular weight is 769 g/mol. The summed E-state index contributed by atoms with van der Waals surface area (Å²) < 4.78 is 80.7. The van der Waals surface area contributed by atoms with Crippen molar-refractivity contribution < 1.29 is 51.3 Å². The average Bonchev–Trinajstić information content (AvgIpc) is 3.10. The van der Waals surface area contributed by atoms with Gasteiger partial charge in [-0.1, -0.05) is 19.2 Å². The molecule has 10 nitrogen and oxygen atoms in total. The zero-order chi connectivity index (χ0) is 37.8. The van der Waals surface area contributed by atoms with Crippen LogP contribution in [0.15, 0.2) is 47.2 Å². The second kappa shape index (κ2) is 16.9. The molecule has 3 fully saturated rings. The summed E-state index contributed by atoms with van der Waals surface area (Å²) in [5.41, 5.74) is 1.44. The monoisotopic (exact) mass is 768 g/mol. The fourth-order valence-corrected chi connectivity index (χ4v) is 10.7. The van der Waals surface area contributed by atoms with Crippen LogP contribution in [-0.4, -0.2) is 135 Å². The van der Waals surface area contributed by atoms with Gasteiger partial charge in [-0.25, -0.2) is 22.5 Å². The molecular formula is C40H49F3N3O7Si+. The maximum absolute atomic E-state index is 17.6. The number of rotatable bonds is 4. The van der Waals surface area contributed by atoms with Crippen molar-refractivity contribution in [2.45, 2.75) is 25.9 Å². The first-order chi connectivity index (χ1) is 26.2. The molecule has 0 saturated carbocycles. The highest BCUT2D eigenvalue weighted by Gasteiger charge is 2.44. The lowest BCUT2D eigenvalue weighted by atomic mass is 9.85. The maximum atomic E-state index is 17.6. The lowest BCUT2D eigenvalue weighted by molar-refractivity contribution is -0.582. The maximum Gasteiger partial charge on any atom is 0.339 e. The van der Waals surface area contributed by atoms with E-state index in [0.29, 0.717) is 37.6 Å². The molecule has 4 aliphatic heterocycles. The number of carboxylic acids is 1. The van der Waals surface area contributed by atoms with Crippen molar-refractivity contribution in [3.05, 3.63) is 81.3 Å². The summed E-state index contributed by atoms with van der Waals surface area (Å²) in [6.45, 7) is 10.8. The number of halogens is 3. The molecule has 2 aromatic carbocycles. The van der Waals surface area contributed by atoms with Crippen molar-refractivity contribution in [3.8, 4) is 0 Å². The SMILES string of the molecule is C[Si]1(C)C2=CC(=[N+]3CCC3)C=CC2=C(c2c(F)c(N3CCOCCOCCOCCOCCOCC3)c(F)c(F)c2C(=O)O)c2ccc(N3CCC3)cc21. The Bertz CT molecular complexity index is 1870. The molecule has 0 aromatic heterocycles. The molecule has 54 heavy (non-hydrogen) atoms. The number of carbonyl (C=O) groups is 1. The Morgan fingerprint density at radius 1 is 0.741 bits per heavy atom. The molecule has 3 saturated heterocycles. The number of ether oxygens (including phenoxy) is 5. The van der Waals surface area contributed by atoms with Crippen LogP contribution in [0.4, 0.5) is 24.5 Å². The smallest absolute Gasteiger partial charge is 0.339 e. The molecule has 14 heteroatoms. The van der Waals surface area contributed by atoms with Gasteiger partial charge in [-0.2, -0.15) is 0 Å². The van der Waals surface area contributed by atoms with Crippen LogP contribution >= 0.6 is 0 Å². The topological polar surface area (TPSA) is 92.9 Å². The van der Waals surface area contributed by atoms with Gasteiger partial charge in [-0.3, -0.25) is 0 Å². The number of nitrogens with zero attached hydrogens (tertiary/aromatic N) is 3. The zero-order valence-electron chi connectivity index (χ0n) is 31.1. The fraction of sp³-hybridized carbons (Fsp3) is 0.500. The van der Waals surface area contributed by atoms with E-state index in [9.17, 15) is 9.90 Å². The summed E-state index contributed by atoms with van der Waals surface area (Å²) in [5.74, 6) is -6.09. The minimum atomic E-state index is -2.51. The van der Waals surface area contributed by atoms with E-state index in [1.807, 2.05) is 24.3 Å². The largest absolute Gasteiger partial charge is 0.478 e. The lowest BCUT2D eigenvalue weighted by Crippen LogP contribution is -2.50. The molecule has 290 valence electrons. The quantitative estimate of drug-likeness (QED) is 0.274. The number of hydrogen-bond acceptors (Lipinski definition) is 8. The van der Waals surface area contributed by atoms with Gasteiger partial charge in [0, 0.05) is 49.6 Å². The number of hydrogen-bond donors (Lipinski definition) is 1. The highest BCUT2D eigenvalue weighted by atomic mass is 28.3. The second-order valence-corrected chi connectivity index (χ2v) is 18.9. The molecule has 1 N–H and O–H groups in total. The Hall–Kier alpha value is -3.79. The summed E-state index contributed by atoms with van der Waals surface area (Å²) in [4.78, 5) is 16.6. The van der Waals surface area contributed by atoms with E-state index in [4.69, 9.17) is 23.7 Å². The Balaban J connectivity index is 1.36. The van der Waals surface area contributed by atoms with E-state index in [1.54, 1.807) is 0 Å². The van der Waals surface area contributed by atoms with Crippen molar-refractivity contribution in [2.75, 3.05) is 115 Å². The normalized spacial score (nSPS) is 21.7. The predicted octanol–water partition coefficient (Wildman–Crippen LogP) is 4.54. The molecule has 0 atom stereocenters. The van der Waals surface area contributed by atoms with Crippen LogP contribution in [0.25, 0.3) is 5.57 Å². The third-order valence-corrected chi connectivity index (χ3v) is 14.4. The van der Waals surface area contributed by atoms with Gasteiger partial charge in [-0.15, -0.1) is 0 Å². The minimum absolute atomic E-state index is 0.0249. The Labute approximate surface area is 315 Å². The van der Waals surface area contributed by atoms with Gasteiger partial charge in [0.25, 0.3) is 0 Å². The predicted molar refractivity (Wildman–Crippen MR) is 203 cm³/mol. The summed E-state index contributed by atoms with van der Waals surface area (Å²) in [7, 11) is -2.51. The van der Waals surface area contributed by atoms with Gasteiger partial charge in [0.1, 0.15) is 32.4 Å². The van der Waals surface area contributed by atoms with Gasteiger partial charge in [0.15, 0.2) is 23.2 Å². The number of benzene rings is 2. The first kappa shape index (κ1) is 38.5. The summed E-state index contributed by atoms with van der Waals surface area (Å²) in [5, 5.41) is 12.5. The standard InChI is InChI=1S/C40H48F3N3O7Si/c1-54(2)31-25-27(44-9-3-10-44)5-7-29(31)33(30-8-6-28(26-32(30)54)45-11-4-12-45)34-35(40(47)48)36(41)38(43)39(37(34)42)46-13-15-49-17-19-51-21-23-53-24-22-52-20-18-50-16-14-46/h5-8,25-26H,3-4,9-24H2,1-2H3/p+1. The van der Waals surface area contributed by atoms with E-state index in [-0.39, 0.29) is 58.3 Å². The van der Waals surface area contributed by atoms with Crippen LogP contribution in [0.2, 0.25) is 13.1 Å². The molecule has 5 aliphatic rings. The third-order valence-electron chi connectivity index (χ3n) is 10.9. The number of allylic oxidation sites excluding steroid dienone is 5.